The first-order chi connectivity index (χ1) is 7.72. The Labute approximate surface area is 101 Å². The average molecular weight is 237 g/mol. The van der Waals surface area contributed by atoms with Crippen LogP contribution in [0.2, 0.25) is 0 Å². The second-order valence-corrected chi connectivity index (χ2v) is 5.44. The monoisotopic (exact) mass is 237 g/mol. The van der Waals surface area contributed by atoms with Crippen molar-refractivity contribution in [2.45, 2.75) is 45.6 Å². The molecule has 1 unspecified atom stereocenters. The largest absolute Gasteiger partial charge is 0.351 e. The number of hydrogen-bond donors (Lipinski definition) is 1. The first kappa shape index (κ1) is 11.6. The first-order valence-corrected chi connectivity index (χ1v) is 6.82. The molecule has 16 heavy (non-hydrogen) atoms. The Hall–Kier alpha value is -0.900. The summed E-state index contributed by atoms with van der Waals surface area (Å²) >= 11 is 1.79. The molecule has 0 saturated carbocycles. The lowest BCUT2D eigenvalue weighted by atomic mass is 10.1. The smallest absolute Gasteiger partial charge is 0.115 e. The molecule has 1 saturated heterocycles. The molecule has 2 rings (SSSR count). The van der Waals surface area contributed by atoms with Gasteiger partial charge in [-0.2, -0.15) is 0 Å². The van der Waals surface area contributed by atoms with Crippen LogP contribution in [0.15, 0.2) is 6.20 Å². The SMILES string of the molecule is CCc1cnc(C(C)N2CCCCC2=N)s1. The van der Waals surface area contributed by atoms with Gasteiger partial charge in [0.05, 0.1) is 11.9 Å². The van der Waals surface area contributed by atoms with Gasteiger partial charge in [-0.3, -0.25) is 5.41 Å². The molecule has 1 aromatic heterocycles. The maximum absolute atomic E-state index is 7.98. The molecule has 1 aliphatic rings. The molecule has 88 valence electrons. The van der Waals surface area contributed by atoms with Crippen LogP contribution in [0.25, 0.3) is 0 Å². The van der Waals surface area contributed by atoms with Crippen molar-refractivity contribution in [2.75, 3.05) is 6.54 Å². The molecule has 0 radical (unpaired) electrons. The lowest BCUT2D eigenvalue weighted by Crippen LogP contribution is -2.36. The summed E-state index contributed by atoms with van der Waals surface area (Å²) < 4.78 is 0. The Kier molecular flexibility index (Phi) is 3.59. The second-order valence-electron chi connectivity index (χ2n) is 4.29. The zero-order valence-corrected chi connectivity index (χ0v) is 10.8. The molecule has 0 aromatic carbocycles. The number of nitrogens with one attached hydrogen (secondary N) is 1. The van der Waals surface area contributed by atoms with Gasteiger partial charge < -0.3 is 4.90 Å². The van der Waals surface area contributed by atoms with E-state index in [2.05, 4.69) is 23.7 Å². The van der Waals surface area contributed by atoms with E-state index < -0.39 is 0 Å². The fourth-order valence-corrected chi connectivity index (χ4v) is 3.01. The van der Waals surface area contributed by atoms with Crippen LogP contribution in [0, 0.1) is 5.41 Å². The van der Waals surface area contributed by atoms with Gasteiger partial charge in [0.1, 0.15) is 5.01 Å². The van der Waals surface area contributed by atoms with Gasteiger partial charge in [0.2, 0.25) is 0 Å². The molecule has 1 fully saturated rings. The number of rotatable bonds is 3. The van der Waals surface area contributed by atoms with Crippen LogP contribution < -0.4 is 0 Å². The van der Waals surface area contributed by atoms with Crippen LogP contribution in [0.3, 0.4) is 0 Å². The zero-order valence-electron chi connectivity index (χ0n) is 9.99. The summed E-state index contributed by atoms with van der Waals surface area (Å²) in [6.45, 7) is 5.34. The van der Waals surface area contributed by atoms with Crippen LogP contribution in [-0.4, -0.2) is 22.3 Å². The minimum absolute atomic E-state index is 0.276. The summed E-state index contributed by atoms with van der Waals surface area (Å²) in [7, 11) is 0. The molecule has 0 spiro atoms. The normalized spacial score (nSPS) is 18.9. The number of thiazole rings is 1. The quantitative estimate of drug-likeness (QED) is 0.876. The molecule has 3 nitrogen and oxygen atoms in total. The van der Waals surface area contributed by atoms with Crippen LogP contribution >= 0.6 is 11.3 Å². The third-order valence-corrected chi connectivity index (χ3v) is 4.47. The van der Waals surface area contributed by atoms with Crippen molar-refractivity contribution in [1.82, 2.24) is 9.88 Å². The average Bonchev–Trinajstić information content (AvgIpc) is 2.77. The Morgan fingerprint density at radius 1 is 1.56 bits per heavy atom. The van der Waals surface area contributed by atoms with Gasteiger partial charge in [-0.15, -0.1) is 11.3 Å². The van der Waals surface area contributed by atoms with Crippen LogP contribution in [0.1, 0.15) is 49.0 Å². The van der Waals surface area contributed by atoms with Gasteiger partial charge >= 0.3 is 0 Å². The number of aromatic nitrogens is 1. The number of likely N-dealkylation sites (tertiary alicyclic amines) is 1. The van der Waals surface area contributed by atoms with E-state index in [1.54, 1.807) is 11.3 Å². The van der Waals surface area contributed by atoms with E-state index in [1.807, 2.05) is 6.20 Å². The standard InChI is InChI=1S/C12H19N3S/c1-3-10-8-14-12(16-10)9(2)15-7-5-4-6-11(15)13/h8-9,13H,3-7H2,1-2H3. The molecule has 0 aliphatic carbocycles. The molecule has 1 atom stereocenters. The van der Waals surface area contributed by atoms with Crippen molar-refractivity contribution >= 4 is 17.2 Å². The molecule has 1 aromatic rings. The summed E-state index contributed by atoms with van der Waals surface area (Å²) in [4.78, 5) is 8.01. The van der Waals surface area contributed by atoms with E-state index in [0.717, 1.165) is 30.2 Å². The van der Waals surface area contributed by atoms with E-state index >= 15 is 0 Å². The highest BCUT2D eigenvalue weighted by Gasteiger charge is 2.23. The van der Waals surface area contributed by atoms with Gasteiger partial charge in [0, 0.05) is 24.0 Å². The third kappa shape index (κ3) is 2.26. The van der Waals surface area contributed by atoms with Crippen LogP contribution in [0.4, 0.5) is 0 Å². The predicted octanol–water partition coefficient (Wildman–Crippen LogP) is 3.23. The molecule has 1 aliphatic heterocycles. The number of nitrogens with zero attached hydrogens (tertiary/aromatic N) is 2. The number of piperidine rings is 1. The Morgan fingerprint density at radius 2 is 2.38 bits per heavy atom. The van der Waals surface area contributed by atoms with Gasteiger partial charge in [0.25, 0.3) is 0 Å². The molecule has 2 heterocycles. The van der Waals surface area contributed by atoms with Crippen molar-refractivity contribution in [3.63, 3.8) is 0 Å². The first-order valence-electron chi connectivity index (χ1n) is 6.01. The number of hydrogen-bond acceptors (Lipinski definition) is 3. The Morgan fingerprint density at radius 3 is 3.00 bits per heavy atom. The fourth-order valence-electron chi connectivity index (χ4n) is 2.09. The highest BCUT2D eigenvalue weighted by molar-refractivity contribution is 7.11. The zero-order chi connectivity index (χ0) is 11.5. The van der Waals surface area contributed by atoms with Crippen LogP contribution in [0.5, 0.6) is 0 Å². The van der Waals surface area contributed by atoms with Crippen molar-refractivity contribution < 1.29 is 0 Å². The molecular weight excluding hydrogens is 218 g/mol. The van der Waals surface area contributed by atoms with Crippen molar-refractivity contribution in [3.05, 3.63) is 16.1 Å². The second kappa shape index (κ2) is 4.95. The highest BCUT2D eigenvalue weighted by atomic mass is 32.1. The minimum atomic E-state index is 0.276. The highest BCUT2D eigenvalue weighted by Crippen LogP contribution is 2.28. The molecule has 0 amide bonds. The summed E-state index contributed by atoms with van der Waals surface area (Å²) in [5.74, 6) is 0.784. The van der Waals surface area contributed by atoms with Gasteiger partial charge in [-0.05, 0) is 26.2 Å². The van der Waals surface area contributed by atoms with Crippen molar-refractivity contribution in [2.24, 2.45) is 0 Å². The molecule has 0 bridgehead atoms. The maximum Gasteiger partial charge on any atom is 0.115 e. The minimum Gasteiger partial charge on any atom is -0.351 e. The molecule has 1 N–H and O–H groups in total. The van der Waals surface area contributed by atoms with Crippen molar-refractivity contribution in [1.29, 1.82) is 5.41 Å². The third-order valence-electron chi connectivity index (χ3n) is 3.15. The van der Waals surface area contributed by atoms with E-state index in [4.69, 9.17) is 5.41 Å². The van der Waals surface area contributed by atoms with Gasteiger partial charge in [-0.25, -0.2) is 4.98 Å². The molecule has 4 heteroatoms. The summed E-state index contributed by atoms with van der Waals surface area (Å²) in [6, 6.07) is 0.276. The molecular formula is C12H19N3S. The summed E-state index contributed by atoms with van der Waals surface area (Å²) in [5.41, 5.74) is 0. The lowest BCUT2D eigenvalue weighted by molar-refractivity contribution is 0.299. The van der Waals surface area contributed by atoms with Crippen molar-refractivity contribution in [3.8, 4) is 0 Å². The van der Waals surface area contributed by atoms with Crippen LogP contribution in [-0.2, 0) is 6.42 Å². The number of aryl methyl sites for hydroxylation is 1. The predicted molar refractivity (Wildman–Crippen MR) is 68.2 cm³/mol. The number of amidine groups is 1. The van der Waals surface area contributed by atoms with E-state index in [9.17, 15) is 0 Å². The Balaban J connectivity index is 2.10. The maximum atomic E-state index is 7.98. The van der Waals surface area contributed by atoms with E-state index in [-0.39, 0.29) is 6.04 Å². The topological polar surface area (TPSA) is 40.0 Å². The van der Waals surface area contributed by atoms with Gasteiger partial charge in [0.15, 0.2) is 0 Å². The van der Waals surface area contributed by atoms with E-state index in [0.29, 0.717) is 0 Å². The lowest BCUT2D eigenvalue weighted by Gasteiger charge is -2.33. The Bertz CT molecular complexity index is 372. The summed E-state index contributed by atoms with van der Waals surface area (Å²) in [5, 5.41) is 9.14. The van der Waals surface area contributed by atoms with E-state index in [1.165, 1.54) is 17.7 Å². The van der Waals surface area contributed by atoms with Gasteiger partial charge in [-0.1, -0.05) is 6.92 Å². The summed E-state index contributed by atoms with van der Waals surface area (Å²) in [6.07, 6.45) is 6.33. The fraction of sp³-hybridized carbons (Fsp3) is 0.667.